The molecule has 0 saturated heterocycles. The fraction of sp³-hybridized carbons (Fsp3) is 0.0500. The van der Waals surface area contributed by atoms with Crippen LogP contribution in [0.25, 0.3) is 23.0 Å². The summed E-state index contributed by atoms with van der Waals surface area (Å²) in [4.78, 5) is 10.9. The molecule has 0 aliphatic carbocycles. The quantitative estimate of drug-likeness (QED) is 0.298. The van der Waals surface area contributed by atoms with Crippen molar-refractivity contribution < 1.29 is 14.1 Å². The number of benzene rings is 2. The van der Waals surface area contributed by atoms with Crippen LogP contribution in [-0.4, -0.2) is 12.0 Å². The van der Waals surface area contributed by atoms with Gasteiger partial charge in [-0.1, -0.05) is 28.1 Å². The van der Waals surface area contributed by atoms with Crippen molar-refractivity contribution in [3.05, 3.63) is 80.5 Å². The molecule has 0 bridgehead atoms. The number of nitro groups is 1. The van der Waals surface area contributed by atoms with Crippen molar-refractivity contribution in [3.8, 4) is 23.1 Å². The predicted octanol–water partition coefficient (Wildman–Crippen LogP) is 5.69. The van der Waals surface area contributed by atoms with Gasteiger partial charge in [0.2, 0.25) is 0 Å². The lowest BCUT2D eigenvalue weighted by Crippen LogP contribution is -1.93. The van der Waals surface area contributed by atoms with Crippen LogP contribution in [0.2, 0.25) is 0 Å². The Labute approximate surface area is 163 Å². The number of hydrogen-bond donors (Lipinski definition) is 0. The topological polar surface area (TPSA) is 89.3 Å². The summed E-state index contributed by atoms with van der Waals surface area (Å²) in [6.45, 7) is 0. The number of methoxy groups -OCH3 is 1. The molecule has 0 aliphatic heterocycles. The molecule has 7 heteroatoms. The highest BCUT2D eigenvalue weighted by molar-refractivity contribution is 9.10. The largest absolute Gasteiger partial charge is 0.497 e. The number of nitro benzene ring substituents is 1. The first-order valence-corrected chi connectivity index (χ1v) is 8.61. The van der Waals surface area contributed by atoms with Gasteiger partial charge in [0.05, 0.1) is 35.3 Å². The van der Waals surface area contributed by atoms with Gasteiger partial charge in [0, 0.05) is 4.47 Å². The zero-order valence-electron chi connectivity index (χ0n) is 14.2. The highest BCUT2D eigenvalue weighted by atomic mass is 79.9. The van der Waals surface area contributed by atoms with Gasteiger partial charge in [-0.25, -0.2) is 0 Å². The standard InChI is InChI=1S/C20H13BrN2O4/c1-26-16-6-8-18(19(11-16)23(24)25)20-9-7-17(27-20)10-14(12-22)13-2-4-15(21)5-3-13/h2-11H,1H3/b14-10+. The molecule has 0 fully saturated rings. The molecule has 0 atom stereocenters. The van der Waals surface area contributed by atoms with E-state index in [9.17, 15) is 15.4 Å². The summed E-state index contributed by atoms with van der Waals surface area (Å²) in [6, 6.07) is 17.3. The van der Waals surface area contributed by atoms with Crippen molar-refractivity contribution >= 4 is 33.3 Å². The van der Waals surface area contributed by atoms with Crippen molar-refractivity contribution in [2.45, 2.75) is 0 Å². The third-order valence-corrected chi connectivity index (χ3v) is 4.38. The van der Waals surface area contributed by atoms with E-state index >= 15 is 0 Å². The van der Waals surface area contributed by atoms with Gasteiger partial charge in [-0.2, -0.15) is 5.26 Å². The molecule has 2 aromatic carbocycles. The Balaban J connectivity index is 1.99. The maximum absolute atomic E-state index is 11.4. The average Bonchev–Trinajstić information content (AvgIpc) is 3.14. The van der Waals surface area contributed by atoms with E-state index in [1.807, 2.05) is 24.3 Å². The molecular weight excluding hydrogens is 412 g/mol. The summed E-state index contributed by atoms with van der Waals surface area (Å²) in [5.41, 5.74) is 1.39. The molecular formula is C20H13BrN2O4. The van der Waals surface area contributed by atoms with Crippen molar-refractivity contribution in [2.24, 2.45) is 0 Å². The Morgan fingerprint density at radius 1 is 1.22 bits per heavy atom. The molecule has 1 aromatic heterocycles. The van der Waals surface area contributed by atoms with Crippen molar-refractivity contribution in [1.29, 1.82) is 5.26 Å². The maximum Gasteiger partial charge on any atom is 0.284 e. The van der Waals surface area contributed by atoms with Gasteiger partial charge < -0.3 is 9.15 Å². The first-order valence-electron chi connectivity index (χ1n) is 7.82. The number of rotatable bonds is 5. The molecule has 6 nitrogen and oxygen atoms in total. The summed E-state index contributed by atoms with van der Waals surface area (Å²) >= 11 is 3.36. The molecule has 27 heavy (non-hydrogen) atoms. The first kappa shape index (κ1) is 18.4. The minimum atomic E-state index is -0.488. The number of allylic oxidation sites excluding steroid dienone is 1. The number of furan rings is 1. The van der Waals surface area contributed by atoms with Crippen LogP contribution in [0.4, 0.5) is 5.69 Å². The van der Waals surface area contributed by atoms with Crippen LogP contribution in [0.15, 0.2) is 63.5 Å². The fourth-order valence-electron chi connectivity index (χ4n) is 2.52. The van der Waals surface area contributed by atoms with Gasteiger partial charge >= 0.3 is 0 Å². The summed E-state index contributed by atoms with van der Waals surface area (Å²) < 4.78 is 11.7. The second kappa shape index (κ2) is 7.89. The molecule has 3 rings (SSSR count). The van der Waals surface area contributed by atoms with Crippen molar-refractivity contribution in [1.82, 2.24) is 0 Å². The van der Waals surface area contributed by atoms with Gasteiger partial charge in [0.1, 0.15) is 17.3 Å². The Morgan fingerprint density at radius 3 is 2.59 bits per heavy atom. The number of nitrogens with zero attached hydrogens (tertiary/aromatic N) is 2. The van der Waals surface area contributed by atoms with Crippen molar-refractivity contribution in [2.75, 3.05) is 7.11 Å². The smallest absolute Gasteiger partial charge is 0.284 e. The average molecular weight is 425 g/mol. The van der Waals surface area contributed by atoms with E-state index < -0.39 is 4.92 Å². The Kier molecular flexibility index (Phi) is 5.38. The first-order chi connectivity index (χ1) is 13.0. The third kappa shape index (κ3) is 4.07. The summed E-state index contributed by atoms with van der Waals surface area (Å²) in [5.74, 6) is 1.15. The highest BCUT2D eigenvalue weighted by Gasteiger charge is 2.19. The van der Waals surface area contributed by atoms with Gasteiger partial charge in [-0.05, 0) is 48.0 Å². The van der Waals surface area contributed by atoms with E-state index in [-0.39, 0.29) is 5.69 Å². The van der Waals surface area contributed by atoms with E-state index in [4.69, 9.17) is 9.15 Å². The normalized spacial score (nSPS) is 11.1. The van der Waals surface area contributed by atoms with Crippen LogP contribution in [0.1, 0.15) is 11.3 Å². The third-order valence-electron chi connectivity index (χ3n) is 3.86. The second-order valence-corrected chi connectivity index (χ2v) is 6.43. The Bertz CT molecular complexity index is 1060. The molecule has 0 unspecified atom stereocenters. The molecule has 134 valence electrons. The van der Waals surface area contributed by atoms with Crippen molar-refractivity contribution in [3.63, 3.8) is 0 Å². The monoisotopic (exact) mass is 424 g/mol. The van der Waals surface area contributed by atoms with Crippen LogP contribution in [0.3, 0.4) is 0 Å². The molecule has 1 heterocycles. The molecule has 0 amide bonds. The minimum Gasteiger partial charge on any atom is -0.497 e. The Hall–Kier alpha value is -3.37. The highest BCUT2D eigenvalue weighted by Crippen LogP contribution is 2.34. The molecule has 3 aromatic rings. The fourth-order valence-corrected chi connectivity index (χ4v) is 2.79. The lowest BCUT2D eigenvalue weighted by Gasteiger charge is -2.03. The number of ether oxygens (including phenoxy) is 1. The second-order valence-electron chi connectivity index (χ2n) is 5.52. The Morgan fingerprint density at radius 2 is 1.96 bits per heavy atom. The van der Waals surface area contributed by atoms with Crippen LogP contribution in [0.5, 0.6) is 5.75 Å². The summed E-state index contributed by atoms with van der Waals surface area (Å²) in [6.07, 6.45) is 1.60. The molecule has 0 aliphatic rings. The minimum absolute atomic E-state index is 0.118. The SMILES string of the molecule is COc1ccc(-c2ccc(/C=C(\C#N)c3ccc(Br)cc3)o2)c([N+](=O)[O-])c1. The zero-order valence-corrected chi connectivity index (χ0v) is 15.8. The number of hydrogen-bond acceptors (Lipinski definition) is 5. The summed E-state index contributed by atoms with van der Waals surface area (Å²) in [7, 11) is 1.44. The molecule has 0 N–H and O–H groups in total. The molecule has 0 radical (unpaired) electrons. The van der Waals surface area contributed by atoms with E-state index in [0.717, 1.165) is 10.0 Å². The van der Waals surface area contributed by atoms with Gasteiger partial charge in [0.15, 0.2) is 0 Å². The van der Waals surface area contributed by atoms with Gasteiger partial charge in [-0.3, -0.25) is 10.1 Å². The van der Waals surface area contributed by atoms with Crippen LogP contribution < -0.4 is 4.74 Å². The lowest BCUT2D eigenvalue weighted by atomic mass is 10.1. The number of halogens is 1. The van der Waals surface area contributed by atoms with E-state index in [0.29, 0.717) is 28.4 Å². The van der Waals surface area contributed by atoms with Gasteiger partial charge in [-0.15, -0.1) is 0 Å². The number of nitriles is 1. The van der Waals surface area contributed by atoms with E-state index in [1.54, 1.807) is 30.3 Å². The summed E-state index contributed by atoms with van der Waals surface area (Å²) in [5, 5.41) is 20.8. The van der Waals surface area contributed by atoms with Gasteiger partial charge in [0.25, 0.3) is 5.69 Å². The van der Waals surface area contributed by atoms with E-state index in [1.165, 1.54) is 13.2 Å². The van der Waals surface area contributed by atoms with Crippen LogP contribution >= 0.6 is 15.9 Å². The van der Waals surface area contributed by atoms with Crippen LogP contribution in [-0.2, 0) is 0 Å². The molecule has 0 saturated carbocycles. The van der Waals surface area contributed by atoms with E-state index in [2.05, 4.69) is 22.0 Å². The maximum atomic E-state index is 11.4. The predicted molar refractivity (Wildman–Crippen MR) is 105 cm³/mol. The van der Waals surface area contributed by atoms with Crippen LogP contribution in [0, 0.1) is 21.4 Å². The lowest BCUT2D eigenvalue weighted by molar-refractivity contribution is -0.384. The zero-order chi connectivity index (χ0) is 19.4. The molecule has 0 spiro atoms.